The van der Waals surface area contributed by atoms with E-state index in [1.54, 1.807) is 0 Å². The molecule has 0 bridgehead atoms. The van der Waals surface area contributed by atoms with Gasteiger partial charge in [0.05, 0.1) is 0 Å². The van der Waals surface area contributed by atoms with Gasteiger partial charge in [-0.1, -0.05) is 13.8 Å². The predicted molar refractivity (Wildman–Crippen MR) is 74.5 cm³/mol. The van der Waals surface area contributed by atoms with Crippen molar-refractivity contribution in [1.29, 1.82) is 0 Å². The van der Waals surface area contributed by atoms with Gasteiger partial charge >= 0.3 is 0 Å². The topological polar surface area (TPSA) is 25.8 Å². The summed E-state index contributed by atoms with van der Waals surface area (Å²) in [6.07, 6.45) is 9.83. The molecule has 0 fully saturated rings. The first kappa shape index (κ1) is 12.7. The second-order valence-corrected chi connectivity index (χ2v) is 4.59. The first-order chi connectivity index (χ1) is 8.86. The van der Waals surface area contributed by atoms with Gasteiger partial charge in [0.2, 0.25) is 0 Å². The summed E-state index contributed by atoms with van der Waals surface area (Å²) in [5.74, 6) is 1.11. The SMILES string of the molecule is CCC(c1ccncc1)C(CC)c1ccncc1. The lowest BCUT2D eigenvalue weighted by Crippen LogP contribution is -2.10. The van der Waals surface area contributed by atoms with Crippen LogP contribution in [0.5, 0.6) is 0 Å². The van der Waals surface area contributed by atoms with Gasteiger partial charge in [-0.2, -0.15) is 0 Å². The lowest BCUT2D eigenvalue weighted by molar-refractivity contribution is 0.509. The first-order valence-corrected chi connectivity index (χ1v) is 6.66. The molecule has 0 aliphatic rings. The Morgan fingerprint density at radius 1 is 0.722 bits per heavy atom. The van der Waals surface area contributed by atoms with Crippen molar-refractivity contribution >= 4 is 0 Å². The number of pyridine rings is 2. The van der Waals surface area contributed by atoms with Crippen molar-refractivity contribution in [3.63, 3.8) is 0 Å². The monoisotopic (exact) mass is 240 g/mol. The van der Waals surface area contributed by atoms with Crippen molar-refractivity contribution in [1.82, 2.24) is 9.97 Å². The third kappa shape index (κ3) is 2.76. The zero-order valence-electron chi connectivity index (χ0n) is 11.1. The largest absolute Gasteiger partial charge is 0.265 e. The van der Waals surface area contributed by atoms with Crippen LogP contribution in [0, 0.1) is 0 Å². The van der Waals surface area contributed by atoms with Gasteiger partial charge in [-0.15, -0.1) is 0 Å². The molecule has 2 heterocycles. The van der Waals surface area contributed by atoms with Crippen LogP contribution in [0.15, 0.2) is 49.1 Å². The van der Waals surface area contributed by atoms with Gasteiger partial charge in [-0.25, -0.2) is 0 Å². The summed E-state index contributed by atoms with van der Waals surface area (Å²) in [7, 11) is 0. The maximum atomic E-state index is 4.11. The molecule has 0 aromatic carbocycles. The highest BCUT2D eigenvalue weighted by atomic mass is 14.6. The third-order valence-electron chi connectivity index (χ3n) is 3.63. The lowest BCUT2D eigenvalue weighted by Gasteiger charge is -2.26. The number of hydrogen-bond donors (Lipinski definition) is 0. The molecule has 0 N–H and O–H groups in total. The Kier molecular flexibility index (Phi) is 4.46. The molecule has 0 amide bonds. The highest BCUT2D eigenvalue weighted by molar-refractivity contribution is 5.25. The van der Waals surface area contributed by atoms with Gasteiger partial charge in [-0.3, -0.25) is 9.97 Å². The maximum absolute atomic E-state index is 4.11. The molecule has 2 aromatic rings. The number of hydrogen-bond acceptors (Lipinski definition) is 2. The molecule has 2 rings (SSSR count). The van der Waals surface area contributed by atoms with Crippen molar-refractivity contribution < 1.29 is 0 Å². The van der Waals surface area contributed by atoms with E-state index in [0.717, 1.165) is 12.8 Å². The zero-order chi connectivity index (χ0) is 12.8. The van der Waals surface area contributed by atoms with E-state index in [1.165, 1.54) is 11.1 Å². The van der Waals surface area contributed by atoms with Crippen LogP contribution in [0.25, 0.3) is 0 Å². The van der Waals surface area contributed by atoms with Gasteiger partial charge < -0.3 is 0 Å². The number of aromatic nitrogens is 2. The minimum atomic E-state index is 0.556. The van der Waals surface area contributed by atoms with Crippen molar-refractivity contribution in [2.75, 3.05) is 0 Å². The summed E-state index contributed by atoms with van der Waals surface area (Å²) in [6.45, 7) is 4.52. The van der Waals surface area contributed by atoms with Crippen LogP contribution < -0.4 is 0 Å². The Morgan fingerprint density at radius 3 is 1.33 bits per heavy atom. The minimum Gasteiger partial charge on any atom is -0.265 e. The van der Waals surface area contributed by atoms with Gasteiger partial charge in [0.15, 0.2) is 0 Å². The highest BCUT2D eigenvalue weighted by Crippen LogP contribution is 2.37. The molecule has 2 nitrogen and oxygen atoms in total. The second-order valence-electron chi connectivity index (χ2n) is 4.59. The lowest BCUT2D eigenvalue weighted by atomic mass is 9.79. The van der Waals surface area contributed by atoms with Gasteiger partial charge in [0.1, 0.15) is 0 Å². The van der Waals surface area contributed by atoms with Crippen LogP contribution in [-0.4, -0.2) is 9.97 Å². The second kappa shape index (κ2) is 6.29. The molecule has 18 heavy (non-hydrogen) atoms. The standard InChI is InChI=1S/C16H20N2/c1-3-15(13-5-9-17-10-6-13)16(4-2)14-7-11-18-12-8-14/h5-12,15-16H,3-4H2,1-2H3. The van der Waals surface area contributed by atoms with Crippen LogP contribution in [0.4, 0.5) is 0 Å². The fraction of sp³-hybridized carbons (Fsp3) is 0.375. The molecule has 0 aliphatic heterocycles. The summed E-state index contributed by atoms with van der Waals surface area (Å²) < 4.78 is 0. The van der Waals surface area contributed by atoms with E-state index in [4.69, 9.17) is 0 Å². The molecule has 0 saturated heterocycles. The van der Waals surface area contributed by atoms with E-state index in [9.17, 15) is 0 Å². The Balaban J connectivity index is 2.31. The van der Waals surface area contributed by atoms with Crippen LogP contribution in [0.2, 0.25) is 0 Å². The maximum Gasteiger partial charge on any atom is 0.0270 e. The van der Waals surface area contributed by atoms with E-state index >= 15 is 0 Å². The number of rotatable bonds is 5. The Bertz CT molecular complexity index is 408. The third-order valence-corrected chi connectivity index (χ3v) is 3.63. The molecule has 0 saturated carbocycles. The Morgan fingerprint density at radius 2 is 1.06 bits per heavy atom. The summed E-state index contributed by atoms with van der Waals surface area (Å²) in [4.78, 5) is 8.22. The fourth-order valence-corrected chi connectivity index (χ4v) is 2.73. The predicted octanol–water partition coefficient (Wildman–Crippen LogP) is 4.16. The zero-order valence-corrected chi connectivity index (χ0v) is 11.1. The van der Waals surface area contributed by atoms with Crippen LogP contribution in [0.1, 0.15) is 49.7 Å². The quantitative estimate of drug-likeness (QED) is 0.784. The van der Waals surface area contributed by atoms with Crippen molar-refractivity contribution in [2.45, 2.75) is 38.5 Å². The molecule has 0 radical (unpaired) electrons. The number of nitrogens with zero attached hydrogens (tertiary/aromatic N) is 2. The molecule has 2 unspecified atom stereocenters. The molecule has 2 atom stereocenters. The molecule has 2 aromatic heterocycles. The van der Waals surface area contributed by atoms with E-state index in [-0.39, 0.29) is 0 Å². The average molecular weight is 240 g/mol. The molecule has 0 aliphatic carbocycles. The highest BCUT2D eigenvalue weighted by Gasteiger charge is 2.21. The summed E-state index contributed by atoms with van der Waals surface area (Å²) in [5.41, 5.74) is 2.77. The Hall–Kier alpha value is -1.70. The molecule has 2 heteroatoms. The van der Waals surface area contributed by atoms with Crippen LogP contribution in [-0.2, 0) is 0 Å². The minimum absolute atomic E-state index is 0.556. The molecular weight excluding hydrogens is 220 g/mol. The summed E-state index contributed by atoms with van der Waals surface area (Å²) >= 11 is 0. The van der Waals surface area contributed by atoms with E-state index < -0.39 is 0 Å². The summed E-state index contributed by atoms with van der Waals surface area (Å²) in [6, 6.07) is 8.55. The smallest absolute Gasteiger partial charge is 0.0270 e. The molecule has 0 spiro atoms. The van der Waals surface area contributed by atoms with Gasteiger partial charge in [0.25, 0.3) is 0 Å². The van der Waals surface area contributed by atoms with E-state index in [2.05, 4.69) is 48.1 Å². The summed E-state index contributed by atoms with van der Waals surface area (Å²) in [5, 5.41) is 0. The van der Waals surface area contributed by atoms with Crippen molar-refractivity contribution in [3.8, 4) is 0 Å². The van der Waals surface area contributed by atoms with Crippen molar-refractivity contribution in [2.24, 2.45) is 0 Å². The van der Waals surface area contributed by atoms with Crippen LogP contribution in [0.3, 0.4) is 0 Å². The first-order valence-electron chi connectivity index (χ1n) is 6.66. The average Bonchev–Trinajstić information content (AvgIpc) is 2.46. The normalized spacial score (nSPS) is 14.1. The van der Waals surface area contributed by atoms with Crippen molar-refractivity contribution in [3.05, 3.63) is 60.2 Å². The molecule has 94 valence electrons. The molecular formula is C16H20N2. The fourth-order valence-electron chi connectivity index (χ4n) is 2.73. The van der Waals surface area contributed by atoms with E-state index in [0.29, 0.717) is 11.8 Å². The van der Waals surface area contributed by atoms with E-state index in [1.807, 2.05) is 24.8 Å². The van der Waals surface area contributed by atoms with Gasteiger partial charge in [0, 0.05) is 24.8 Å². The Labute approximate surface area is 109 Å². The van der Waals surface area contributed by atoms with Gasteiger partial charge in [-0.05, 0) is 60.1 Å². The van der Waals surface area contributed by atoms with Crippen LogP contribution >= 0.6 is 0 Å².